The number of fused-ring (bicyclic) bond motifs is 1. The number of hydrogen-bond acceptors (Lipinski definition) is 6. The van der Waals surface area contributed by atoms with Gasteiger partial charge < -0.3 is 16.8 Å². The predicted octanol–water partition coefficient (Wildman–Crippen LogP) is 3.43. The molecular weight excluding hydrogens is 364 g/mol. The van der Waals surface area contributed by atoms with Crippen molar-refractivity contribution in [2.75, 3.05) is 16.8 Å². The molecule has 5 N–H and O–H groups in total. The third-order valence-corrected chi connectivity index (χ3v) is 4.87. The van der Waals surface area contributed by atoms with E-state index >= 15 is 0 Å². The maximum absolute atomic E-state index is 13.5. The van der Waals surface area contributed by atoms with Gasteiger partial charge in [-0.25, -0.2) is 0 Å². The lowest BCUT2D eigenvalue weighted by Crippen LogP contribution is -2.26. The molecule has 0 aliphatic carbocycles. The Labute approximate surface area is 168 Å². The Kier molecular flexibility index (Phi) is 4.64. The van der Waals surface area contributed by atoms with Crippen molar-refractivity contribution in [1.29, 1.82) is 0 Å². The van der Waals surface area contributed by atoms with Gasteiger partial charge in [0, 0.05) is 17.4 Å². The fourth-order valence-electron chi connectivity index (χ4n) is 3.57. The van der Waals surface area contributed by atoms with E-state index in [0.717, 1.165) is 22.3 Å². The predicted molar refractivity (Wildman–Crippen MR) is 117 cm³/mol. The van der Waals surface area contributed by atoms with Crippen LogP contribution in [0.25, 0.3) is 16.5 Å². The summed E-state index contributed by atoms with van der Waals surface area (Å²) < 4.78 is 1.74. The van der Waals surface area contributed by atoms with Crippen LogP contribution in [0.3, 0.4) is 0 Å². The summed E-state index contributed by atoms with van der Waals surface area (Å²) in [6.07, 6.45) is 0. The van der Waals surface area contributed by atoms with Crippen molar-refractivity contribution in [2.45, 2.75) is 19.9 Å². The molecule has 29 heavy (non-hydrogen) atoms. The van der Waals surface area contributed by atoms with Crippen LogP contribution in [0.2, 0.25) is 0 Å². The van der Waals surface area contributed by atoms with E-state index < -0.39 is 0 Å². The lowest BCUT2D eigenvalue weighted by atomic mass is 10.0. The van der Waals surface area contributed by atoms with Gasteiger partial charge in [0.1, 0.15) is 11.6 Å². The fourth-order valence-corrected chi connectivity index (χ4v) is 3.57. The summed E-state index contributed by atoms with van der Waals surface area (Å²) >= 11 is 0. The Bertz CT molecular complexity index is 1230. The van der Waals surface area contributed by atoms with Crippen molar-refractivity contribution in [3.05, 3.63) is 82.3 Å². The van der Waals surface area contributed by atoms with Crippen LogP contribution in [0.4, 0.5) is 17.6 Å². The van der Waals surface area contributed by atoms with Gasteiger partial charge in [-0.1, -0.05) is 36.4 Å². The summed E-state index contributed by atoms with van der Waals surface area (Å²) in [5.74, 6) is 0.870. The molecule has 0 saturated carbocycles. The Hall–Kier alpha value is -3.87. The molecule has 2 aromatic heterocycles. The topological polar surface area (TPSA) is 112 Å². The third-order valence-electron chi connectivity index (χ3n) is 4.87. The van der Waals surface area contributed by atoms with E-state index in [9.17, 15) is 4.79 Å². The highest BCUT2D eigenvalue weighted by Crippen LogP contribution is 2.25. The highest BCUT2D eigenvalue weighted by Gasteiger charge is 2.18. The molecule has 0 fully saturated rings. The second-order valence-corrected chi connectivity index (χ2v) is 6.99. The fraction of sp³-hybridized carbons (Fsp3) is 0.136. The van der Waals surface area contributed by atoms with E-state index in [1.807, 2.05) is 68.4 Å². The van der Waals surface area contributed by atoms with Crippen molar-refractivity contribution in [3.8, 4) is 5.69 Å². The summed E-state index contributed by atoms with van der Waals surface area (Å²) in [5, 5.41) is 4.89. The summed E-state index contributed by atoms with van der Waals surface area (Å²) in [6.45, 7) is 3.91. The van der Waals surface area contributed by atoms with Crippen LogP contribution >= 0.6 is 0 Å². The van der Waals surface area contributed by atoms with Crippen LogP contribution in [0.15, 0.2) is 65.5 Å². The zero-order chi connectivity index (χ0) is 20.5. The van der Waals surface area contributed by atoms with E-state index in [2.05, 4.69) is 15.3 Å². The number of para-hydroxylation sites is 1. The minimum absolute atomic E-state index is 0.0582. The maximum Gasteiger partial charge on any atom is 0.263 e. The summed E-state index contributed by atoms with van der Waals surface area (Å²) in [5.41, 5.74) is 14.0. The summed E-state index contributed by atoms with van der Waals surface area (Å²) in [4.78, 5) is 21.6. The Balaban J connectivity index is 1.91. The monoisotopic (exact) mass is 386 g/mol. The van der Waals surface area contributed by atoms with Gasteiger partial charge in [-0.15, -0.1) is 0 Å². The number of nitrogens with two attached hydrogens (primary N) is 2. The van der Waals surface area contributed by atoms with Crippen LogP contribution in [0.5, 0.6) is 0 Å². The molecule has 1 atom stereocenters. The smallest absolute Gasteiger partial charge is 0.263 e. The first-order valence-electron chi connectivity index (χ1n) is 9.31. The molecule has 0 bridgehead atoms. The number of aromatic nitrogens is 3. The highest BCUT2D eigenvalue weighted by atomic mass is 16.1. The van der Waals surface area contributed by atoms with E-state index in [1.165, 1.54) is 0 Å². The minimum Gasteiger partial charge on any atom is -0.383 e. The Morgan fingerprint density at radius 2 is 1.76 bits per heavy atom. The van der Waals surface area contributed by atoms with Crippen LogP contribution in [0, 0.1) is 6.92 Å². The molecule has 0 aliphatic rings. The normalized spacial score (nSPS) is 12.1. The second kappa shape index (κ2) is 7.27. The van der Waals surface area contributed by atoms with Crippen LogP contribution < -0.4 is 22.3 Å². The lowest BCUT2D eigenvalue weighted by Gasteiger charge is -2.22. The number of nitrogens with one attached hydrogen (secondary N) is 1. The zero-order valence-corrected chi connectivity index (χ0v) is 16.3. The van der Waals surface area contributed by atoms with Crippen molar-refractivity contribution in [2.24, 2.45) is 0 Å². The van der Waals surface area contributed by atoms with E-state index in [4.69, 9.17) is 11.5 Å². The molecule has 0 amide bonds. The molecule has 7 nitrogen and oxygen atoms in total. The maximum atomic E-state index is 13.5. The van der Waals surface area contributed by atoms with Gasteiger partial charge in [0.25, 0.3) is 5.56 Å². The number of hydrogen-bond donors (Lipinski definition) is 3. The zero-order valence-electron chi connectivity index (χ0n) is 16.3. The van der Waals surface area contributed by atoms with Gasteiger partial charge in [0.15, 0.2) is 0 Å². The molecule has 0 spiro atoms. The number of benzene rings is 2. The SMILES string of the molecule is Cc1cccc2cc([C@H](C)Nc3cc(N)nc(N)n3)n(-c3ccccc3)c(=O)c12. The number of rotatable bonds is 4. The molecule has 146 valence electrons. The van der Waals surface area contributed by atoms with Gasteiger partial charge in [-0.3, -0.25) is 9.36 Å². The molecule has 2 heterocycles. The molecule has 0 saturated heterocycles. The number of aryl methyl sites for hydroxylation is 1. The molecule has 4 aromatic rings. The highest BCUT2D eigenvalue weighted by molar-refractivity contribution is 5.85. The van der Waals surface area contributed by atoms with Gasteiger partial charge in [0.2, 0.25) is 5.95 Å². The van der Waals surface area contributed by atoms with Crippen molar-refractivity contribution in [1.82, 2.24) is 14.5 Å². The van der Waals surface area contributed by atoms with Crippen LogP contribution in [-0.2, 0) is 0 Å². The van der Waals surface area contributed by atoms with Crippen molar-refractivity contribution < 1.29 is 0 Å². The molecule has 7 heteroatoms. The van der Waals surface area contributed by atoms with Crippen molar-refractivity contribution in [3.63, 3.8) is 0 Å². The minimum atomic E-state index is -0.249. The third kappa shape index (κ3) is 3.50. The van der Waals surface area contributed by atoms with Crippen LogP contribution in [-0.4, -0.2) is 14.5 Å². The largest absolute Gasteiger partial charge is 0.383 e. The quantitative estimate of drug-likeness (QED) is 0.495. The van der Waals surface area contributed by atoms with Gasteiger partial charge >= 0.3 is 0 Å². The van der Waals surface area contributed by atoms with Crippen LogP contribution in [0.1, 0.15) is 24.2 Å². The second-order valence-electron chi connectivity index (χ2n) is 6.99. The average Bonchev–Trinajstić information content (AvgIpc) is 2.67. The van der Waals surface area contributed by atoms with Gasteiger partial charge in [0.05, 0.1) is 11.4 Å². The molecular formula is C22H22N6O. The number of nitrogens with zero attached hydrogens (tertiary/aromatic N) is 3. The van der Waals surface area contributed by atoms with Gasteiger partial charge in [-0.05, 0) is 43.0 Å². The lowest BCUT2D eigenvalue weighted by molar-refractivity contribution is 0.773. The first-order valence-corrected chi connectivity index (χ1v) is 9.31. The average molecular weight is 386 g/mol. The number of pyridine rings is 1. The molecule has 4 rings (SSSR count). The first kappa shape index (κ1) is 18.5. The number of nitrogen functional groups attached to an aromatic ring is 2. The van der Waals surface area contributed by atoms with E-state index in [0.29, 0.717) is 11.2 Å². The van der Waals surface area contributed by atoms with Crippen molar-refractivity contribution >= 4 is 28.4 Å². The Morgan fingerprint density at radius 3 is 2.48 bits per heavy atom. The first-order chi connectivity index (χ1) is 13.9. The molecule has 0 unspecified atom stereocenters. The van der Waals surface area contributed by atoms with E-state index in [1.54, 1.807) is 10.6 Å². The number of anilines is 3. The summed E-state index contributed by atoms with van der Waals surface area (Å²) in [6, 6.07) is 18.8. The van der Waals surface area contributed by atoms with Gasteiger partial charge in [-0.2, -0.15) is 9.97 Å². The standard InChI is InChI=1S/C22H22N6O/c1-13-7-6-8-15-11-17(14(2)25-19-12-18(23)26-22(24)27-19)28(21(29)20(13)15)16-9-4-3-5-10-16/h3-12,14H,1-2H3,(H5,23,24,25,26,27)/t14-/m0/s1. The molecule has 0 radical (unpaired) electrons. The Morgan fingerprint density at radius 1 is 1.00 bits per heavy atom. The van der Waals surface area contributed by atoms with E-state index in [-0.39, 0.29) is 23.4 Å². The molecule has 2 aromatic carbocycles. The summed E-state index contributed by atoms with van der Waals surface area (Å²) in [7, 11) is 0. The molecule has 0 aliphatic heterocycles.